The van der Waals surface area contributed by atoms with Gasteiger partial charge < -0.3 is 0 Å². The number of allylic oxidation sites excluding steroid dienone is 2. The molecule has 0 aliphatic heterocycles. The lowest BCUT2D eigenvalue weighted by atomic mass is 9.93. The molecule has 2 unspecified atom stereocenters. The minimum absolute atomic E-state index is 0.209. The summed E-state index contributed by atoms with van der Waals surface area (Å²) in [7, 11) is 0. The number of Topliss-reactive ketones (excluding diaryl/α,β-unsaturated/α-hetero) is 1. The Balaban J connectivity index is 2.44. The van der Waals surface area contributed by atoms with E-state index >= 15 is 0 Å². The molecule has 1 aliphatic carbocycles. The Morgan fingerprint density at radius 2 is 2.31 bits per heavy atom. The number of alkyl halides is 1. The van der Waals surface area contributed by atoms with E-state index in [-0.39, 0.29) is 5.92 Å². The van der Waals surface area contributed by atoms with E-state index in [4.69, 9.17) is 11.6 Å². The first-order chi connectivity index (χ1) is 6.29. The van der Waals surface area contributed by atoms with E-state index in [1.54, 1.807) is 0 Å². The van der Waals surface area contributed by atoms with Crippen LogP contribution >= 0.6 is 11.6 Å². The first kappa shape index (κ1) is 10.8. The number of hydrogen-bond acceptors (Lipinski definition) is 1. The van der Waals surface area contributed by atoms with E-state index in [0.717, 1.165) is 25.7 Å². The highest BCUT2D eigenvalue weighted by molar-refractivity contribution is 6.18. The molecule has 0 bridgehead atoms. The summed E-state index contributed by atoms with van der Waals surface area (Å²) in [5, 5.41) is 0. The largest absolute Gasteiger partial charge is 0.299 e. The van der Waals surface area contributed by atoms with E-state index < -0.39 is 0 Å². The van der Waals surface area contributed by atoms with Crippen molar-refractivity contribution in [1.82, 2.24) is 0 Å². The molecule has 0 radical (unpaired) electrons. The second kappa shape index (κ2) is 5.43. The van der Waals surface area contributed by atoms with E-state index in [1.165, 1.54) is 0 Å². The average Bonchev–Trinajstić information content (AvgIpc) is 2.48. The zero-order chi connectivity index (χ0) is 9.68. The Morgan fingerprint density at radius 3 is 2.92 bits per heavy atom. The molecule has 0 aromatic carbocycles. The van der Waals surface area contributed by atoms with Gasteiger partial charge in [-0.2, -0.15) is 0 Å². The van der Waals surface area contributed by atoms with Crippen LogP contribution in [-0.2, 0) is 4.79 Å². The van der Waals surface area contributed by atoms with Crippen molar-refractivity contribution in [3.8, 4) is 0 Å². The van der Waals surface area contributed by atoms with E-state index in [0.29, 0.717) is 17.6 Å². The molecule has 1 saturated carbocycles. The van der Waals surface area contributed by atoms with Crippen molar-refractivity contribution < 1.29 is 4.79 Å². The van der Waals surface area contributed by atoms with E-state index in [1.807, 2.05) is 0 Å². The highest BCUT2D eigenvalue weighted by atomic mass is 35.5. The van der Waals surface area contributed by atoms with Gasteiger partial charge in [0.15, 0.2) is 0 Å². The summed E-state index contributed by atoms with van der Waals surface area (Å²) >= 11 is 5.80. The van der Waals surface area contributed by atoms with Gasteiger partial charge in [0.05, 0.1) is 0 Å². The van der Waals surface area contributed by atoms with Crippen molar-refractivity contribution in [2.24, 2.45) is 11.8 Å². The van der Waals surface area contributed by atoms with Crippen LogP contribution in [0.25, 0.3) is 0 Å². The summed E-state index contributed by atoms with van der Waals surface area (Å²) in [4.78, 5) is 11.4. The number of ketones is 1. The molecule has 74 valence electrons. The van der Waals surface area contributed by atoms with Gasteiger partial charge in [-0.3, -0.25) is 4.79 Å². The Labute approximate surface area is 85.2 Å². The smallest absolute Gasteiger partial charge is 0.136 e. The van der Waals surface area contributed by atoms with Gasteiger partial charge in [0.25, 0.3) is 0 Å². The monoisotopic (exact) mass is 200 g/mol. The zero-order valence-electron chi connectivity index (χ0n) is 8.13. The van der Waals surface area contributed by atoms with Crippen molar-refractivity contribution in [1.29, 1.82) is 0 Å². The van der Waals surface area contributed by atoms with Gasteiger partial charge in [0.2, 0.25) is 0 Å². The molecule has 0 amide bonds. The summed E-state index contributed by atoms with van der Waals surface area (Å²) in [5.41, 5.74) is 0. The molecule has 13 heavy (non-hydrogen) atoms. The number of hydrogen-bond donors (Lipinski definition) is 0. The maximum atomic E-state index is 11.4. The third-order valence-corrected chi connectivity index (χ3v) is 3.13. The van der Waals surface area contributed by atoms with Crippen LogP contribution in [0.3, 0.4) is 0 Å². The lowest BCUT2D eigenvalue weighted by molar-refractivity contribution is -0.121. The molecule has 0 aromatic rings. The molecule has 1 nitrogen and oxygen atoms in total. The lowest BCUT2D eigenvalue weighted by Gasteiger charge is -2.12. The fourth-order valence-electron chi connectivity index (χ4n) is 1.90. The maximum Gasteiger partial charge on any atom is 0.136 e. The minimum Gasteiger partial charge on any atom is -0.299 e. The van der Waals surface area contributed by atoms with Crippen molar-refractivity contribution in [3.63, 3.8) is 0 Å². The first-order valence-corrected chi connectivity index (χ1v) is 5.56. The lowest BCUT2D eigenvalue weighted by Crippen LogP contribution is -2.14. The summed E-state index contributed by atoms with van der Waals surface area (Å²) < 4.78 is 0. The van der Waals surface area contributed by atoms with Crippen LogP contribution in [-0.4, -0.2) is 11.7 Å². The van der Waals surface area contributed by atoms with Gasteiger partial charge in [-0.05, 0) is 25.2 Å². The molecule has 1 rings (SSSR count). The third kappa shape index (κ3) is 2.84. The van der Waals surface area contributed by atoms with Crippen LogP contribution in [0.15, 0.2) is 12.2 Å². The van der Waals surface area contributed by atoms with Crippen LogP contribution in [0, 0.1) is 11.8 Å². The number of rotatable bonds is 4. The molecule has 2 heteroatoms. The zero-order valence-corrected chi connectivity index (χ0v) is 8.89. The molecule has 1 aliphatic rings. The SMILES string of the molecule is CC/C=C\CC1C(=O)CCC1CCl. The van der Waals surface area contributed by atoms with Crippen molar-refractivity contribution >= 4 is 17.4 Å². The summed E-state index contributed by atoms with van der Waals surface area (Å²) in [6.45, 7) is 2.10. The van der Waals surface area contributed by atoms with Gasteiger partial charge in [-0.1, -0.05) is 19.1 Å². The standard InChI is InChI=1S/C11H17ClO/c1-2-3-4-5-10-9(8-12)6-7-11(10)13/h3-4,9-10H,2,5-8H2,1H3/b4-3-. The van der Waals surface area contributed by atoms with Crippen LogP contribution in [0.1, 0.15) is 32.6 Å². The molecule has 0 N–H and O–H groups in total. The number of halogens is 1. The molecule has 1 fully saturated rings. The van der Waals surface area contributed by atoms with Crippen LogP contribution in [0.2, 0.25) is 0 Å². The van der Waals surface area contributed by atoms with Crippen molar-refractivity contribution in [3.05, 3.63) is 12.2 Å². The average molecular weight is 201 g/mol. The number of carbonyl (C=O) groups is 1. The quantitative estimate of drug-likeness (QED) is 0.503. The Kier molecular flexibility index (Phi) is 4.51. The van der Waals surface area contributed by atoms with Crippen LogP contribution in [0.4, 0.5) is 0 Å². The molecular formula is C11H17ClO. The van der Waals surface area contributed by atoms with Crippen LogP contribution < -0.4 is 0 Å². The maximum absolute atomic E-state index is 11.4. The topological polar surface area (TPSA) is 17.1 Å². The van der Waals surface area contributed by atoms with Crippen molar-refractivity contribution in [2.45, 2.75) is 32.6 Å². The normalized spacial score (nSPS) is 28.9. The highest BCUT2D eigenvalue weighted by Gasteiger charge is 2.32. The van der Waals surface area contributed by atoms with E-state index in [9.17, 15) is 4.79 Å². The van der Waals surface area contributed by atoms with Crippen molar-refractivity contribution in [2.75, 3.05) is 5.88 Å². The van der Waals surface area contributed by atoms with Gasteiger partial charge in [-0.15, -0.1) is 11.6 Å². The fourth-order valence-corrected chi connectivity index (χ4v) is 2.26. The molecule has 2 atom stereocenters. The molecule has 0 heterocycles. The van der Waals surface area contributed by atoms with Gasteiger partial charge in [0, 0.05) is 18.2 Å². The van der Waals surface area contributed by atoms with E-state index in [2.05, 4.69) is 19.1 Å². The third-order valence-electron chi connectivity index (χ3n) is 2.73. The second-order valence-electron chi connectivity index (χ2n) is 3.64. The highest BCUT2D eigenvalue weighted by Crippen LogP contribution is 2.32. The Hall–Kier alpha value is -0.300. The molecule has 0 aromatic heterocycles. The number of carbonyl (C=O) groups excluding carboxylic acids is 1. The summed E-state index contributed by atoms with van der Waals surface area (Å²) in [6.07, 6.45) is 7.91. The second-order valence-corrected chi connectivity index (χ2v) is 3.95. The predicted octanol–water partition coefficient (Wildman–Crippen LogP) is 3.18. The van der Waals surface area contributed by atoms with Gasteiger partial charge in [-0.25, -0.2) is 0 Å². The molecule has 0 spiro atoms. The predicted molar refractivity (Wildman–Crippen MR) is 56.0 cm³/mol. The Morgan fingerprint density at radius 1 is 1.54 bits per heavy atom. The summed E-state index contributed by atoms with van der Waals surface area (Å²) in [5.74, 6) is 1.68. The minimum atomic E-state index is 0.209. The first-order valence-electron chi connectivity index (χ1n) is 5.03. The molecule has 0 saturated heterocycles. The fraction of sp³-hybridized carbons (Fsp3) is 0.727. The van der Waals surface area contributed by atoms with Gasteiger partial charge in [0.1, 0.15) is 5.78 Å². The Bertz CT molecular complexity index is 198. The summed E-state index contributed by atoms with van der Waals surface area (Å²) in [6, 6.07) is 0. The van der Waals surface area contributed by atoms with Gasteiger partial charge >= 0.3 is 0 Å². The molecular weight excluding hydrogens is 184 g/mol. The van der Waals surface area contributed by atoms with Crippen LogP contribution in [0.5, 0.6) is 0 Å².